The van der Waals surface area contributed by atoms with Crippen LogP contribution >= 0.6 is 0 Å². The fourth-order valence-electron chi connectivity index (χ4n) is 2.35. The first-order valence-electron chi connectivity index (χ1n) is 8.71. The van der Waals surface area contributed by atoms with Crippen molar-refractivity contribution in [3.05, 3.63) is 47.8 Å². The van der Waals surface area contributed by atoms with E-state index in [1.54, 1.807) is 19.4 Å². The van der Waals surface area contributed by atoms with Gasteiger partial charge in [0.25, 0.3) is 5.91 Å². The summed E-state index contributed by atoms with van der Waals surface area (Å²) in [5, 5.41) is 6.04. The van der Waals surface area contributed by atoms with Crippen LogP contribution in [0, 0.1) is 0 Å². The van der Waals surface area contributed by atoms with E-state index in [2.05, 4.69) is 27.5 Å². The summed E-state index contributed by atoms with van der Waals surface area (Å²) < 4.78 is 5.13. The average molecular weight is 342 g/mol. The Hall–Kier alpha value is -2.63. The number of nitrogens with one attached hydrogen (secondary N) is 2. The van der Waals surface area contributed by atoms with Crippen LogP contribution in [0.5, 0.6) is 5.75 Å². The molecule has 0 bridgehead atoms. The molecule has 0 aliphatic rings. The zero-order chi connectivity index (χ0) is 17.9. The Morgan fingerprint density at radius 3 is 2.64 bits per heavy atom. The number of carbonyl (C=O) groups excluding carboxylic acids is 1. The highest BCUT2D eigenvalue weighted by Gasteiger charge is 2.08. The smallest absolute Gasteiger partial charge is 0.270 e. The first-order valence-corrected chi connectivity index (χ1v) is 8.71. The SMILES string of the molecule is CCCCCNc1nccc(C(=O)NCCc2ccc(OC)cc2)n1. The number of benzene rings is 1. The van der Waals surface area contributed by atoms with Crippen LogP contribution in [0.1, 0.15) is 42.2 Å². The zero-order valence-corrected chi connectivity index (χ0v) is 14.9. The third-order valence-corrected chi connectivity index (χ3v) is 3.81. The van der Waals surface area contributed by atoms with E-state index in [4.69, 9.17) is 4.74 Å². The molecule has 1 amide bonds. The average Bonchev–Trinajstić information content (AvgIpc) is 2.66. The molecular formula is C19H26N4O2. The number of amides is 1. The van der Waals surface area contributed by atoms with Crippen LogP contribution in [0.2, 0.25) is 0 Å². The molecule has 2 rings (SSSR count). The largest absolute Gasteiger partial charge is 0.497 e. The molecular weight excluding hydrogens is 316 g/mol. The maximum atomic E-state index is 12.2. The Morgan fingerprint density at radius 1 is 1.12 bits per heavy atom. The fraction of sp³-hybridized carbons (Fsp3) is 0.421. The van der Waals surface area contributed by atoms with Gasteiger partial charge in [-0.1, -0.05) is 31.9 Å². The number of hydrogen-bond acceptors (Lipinski definition) is 5. The van der Waals surface area contributed by atoms with Crippen molar-refractivity contribution in [2.45, 2.75) is 32.6 Å². The summed E-state index contributed by atoms with van der Waals surface area (Å²) in [5.74, 6) is 1.14. The number of hydrogen-bond donors (Lipinski definition) is 2. The molecule has 25 heavy (non-hydrogen) atoms. The van der Waals surface area contributed by atoms with Gasteiger partial charge in [0.2, 0.25) is 5.95 Å². The lowest BCUT2D eigenvalue weighted by molar-refractivity contribution is 0.0949. The van der Waals surface area contributed by atoms with Crippen molar-refractivity contribution >= 4 is 11.9 Å². The van der Waals surface area contributed by atoms with Crippen LogP contribution in [0.15, 0.2) is 36.5 Å². The summed E-state index contributed by atoms with van der Waals surface area (Å²) in [6.45, 7) is 3.53. The predicted molar refractivity (Wildman–Crippen MR) is 99.1 cm³/mol. The summed E-state index contributed by atoms with van der Waals surface area (Å²) in [5.41, 5.74) is 1.52. The third-order valence-electron chi connectivity index (χ3n) is 3.81. The summed E-state index contributed by atoms with van der Waals surface area (Å²) in [6.07, 6.45) is 5.76. The number of nitrogens with zero attached hydrogens (tertiary/aromatic N) is 2. The second kappa shape index (κ2) is 10.3. The standard InChI is InChI=1S/C19H26N4O2/c1-3-4-5-12-21-19-22-14-11-17(23-19)18(24)20-13-10-15-6-8-16(25-2)9-7-15/h6-9,11,14H,3-5,10,12-13H2,1-2H3,(H,20,24)(H,21,22,23). The number of unbranched alkanes of at least 4 members (excludes halogenated alkanes) is 2. The normalized spacial score (nSPS) is 10.3. The van der Waals surface area contributed by atoms with Gasteiger partial charge in [0.15, 0.2) is 0 Å². The van der Waals surface area contributed by atoms with Crippen LogP contribution in [0.3, 0.4) is 0 Å². The first-order chi connectivity index (χ1) is 12.2. The lowest BCUT2D eigenvalue weighted by Crippen LogP contribution is -2.27. The Bertz CT molecular complexity index is 659. The lowest BCUT2D eigenvalue weighted by atomic mass is 10.1. The number of anilines is 1. The molecule has 2 aromatic rings. The van der Waals surface area contributed by atoms with E-state index in [1.807, 2.05) is 24.3 Å². The van der Waals surface area contributed by atoms with Crippen LogP contribution in [0.25, 0.3) is 0 Å². The summed E-state index contributed by atoms with van der Waals surface area (Å²) in [7, 11) is 1.64. The molecule has 1 aromatic heterocycles. The molecule has 1 aromatic carbocycles. The van der Waals surface area contributed by atoms with Crippen LogP contribution < -0.4 is 15.4 Å². The fourth-order valence-corrected chi connectivity index (χ4v) is 2.35. The Balaban J connectivity index is 1.79. The molecule has 134 valence electrons. The Labute approximate surface area is 149 Å². The van der Waals surface area contributed by atoms with E-state index < -0.39 is 0 Å². The van der Waals surface area contributed by atoms with E-state index >= 15 is 0 Å². The maximum Gasteiger partial charge on any atom is 0.270 e. The van der Waals surface area contributed by atoms with Gasteiger partial charge in [-0.3, -0.25) is 4.79 Å². The van der Waals surface area contributed by atoms with E-state index in [0.717, 1.165) is 30.7 Å². The van der Waals surface area contributed by atoms with Crippen molar-refractivity contribution in [3.8, 4) is 5.75 Å². The monoisotopic (exact) mass is 342 g/mol. The second-order valence-corrected chi connectivity index (χ2v) is 5.75. The molecule has 0 aliphatic carbocycles. The van der Waals surface area contributed by atoms with Crippen molar-refractivity contribution in [2.75, 3.05) is 25.5 Å². The maximum absolute atomic E-state index is 12.2. The van der Waals surface area contributed by atoms with Crippen molar-refractivity contribution in [2.24, 2.45) is 0 Å². The summed E-state index contributed by atoms with van der Waals surface area (Å²) in [6, 6.07) is 9.44. The first kappa shape index (κ1) is 18.7. The molecule has 2 N–H and O–H groups in total. The Morgan fingerprint density at radius 2 is 1.92 bits per heavy atom. The molecule has 0 saturated carbocycles. The van der Waals surface area contributed by atoms with Crippen LogP contribution in [-0.4, -0.2) is 36.1 Å². The van der Waals surface area contributed by atoms with Gasteiger partial charge < -0.3 is 15.4 Å². The summed E-state index contributed by atoms with van der Waals surface area (Å²) in [4.78, 5) is 20.6. The van der Waals surface area contributed by atoms with Gasteiger partial charge in [-0.15, -0.1) is 0 Å². The number of rotatable bonds is 10. The van der Waals surface area contributed by atoms with Gasteiger partial charge in [-0.05, 0) is 36.6 Å². The van der Waals surface area contributed by atoms with E-state index in [1.165, 1.54) is 12.8 Å². The lowest BCUT2D eigenvalue weighted by Gasteiger charge is -2.08. The predicted octanol–water partition coefficient (Wildman–Crippen LogP) is 3.06. The zero-order valence-electron chi connectivity index (χ0n) is 14.9. The minimum absolute atomic E-state index is 0.187. The van der Waals surface area contributed by atoms with Gasteiger partial charge in [0, 0.05) is 19.3 Å². The summed E-state index contributed by atoms with van der Waals surface area (Å²) >= 11 is 0. The van der Waals surface area contributed by atoms with E-state index in [0.29, 0.717) is 18.2 Å². The molecule has 0 fully saturated rings. The highest BCUT2D eigenvalue weighted by atomic mass is 16.5. The molecule has 1 heterocycles. The topological polar surface area (TPSA) is 76.1 Å². The molecule has 6 nitrogen and oxygen atoms in total. The molecule has 0 saturated heterocycles. The highest BCUT2D eigenvalue weighted by Crippen LogP contribution is 2.11. The van der Waals surface area contributed by atoms with Crippen LogP contribution in [0.4, 0.5) is 5.95 Å². The third kappa shape index (κ3) is 6.41. The van der Waals surface area contributed by atoms with Crippen molar-refractivity contribution in [1.29, 1.82) is 0 Å². The number of methoxy groups -OCH3 is 1. The van der Waals surface area contributed by atoms with Crippen molar-refractivity contribution in [3.63, 3.8) is 0 Å². The molecule has 0 aliphatic heterocycles. The quantitative estimate of drug-likeness (QED) is 0.649. The molecule has 0 atom stereocenters. The molecule has 6 heteroatoms. The minimum atomic E-state index is -0.187. The van der Waals surface area contributed by atoms with Crippen molar-refractivity contribution in [1.82, 2.24) is 15.3 Å². The molecule has 0 spiro atoms. The van der Waals surface area contributed by atoms with Gasteiger partial charge in [-0.25, -0.2) is 9.97 Å². The van der Waals surface area contributed by atoms with E-state index in [9.17, 15) is 4.79 Å². The Kier molecular flexibility index (Phi) is 7.69. The van der Waals surface area contributed by atoms with Crippen LogP contribution in [-0.2, 0) is 6.42 Å². The van der Waals surface area contributed by atoms with Gasteiger partial charge >= 0.3 is 0 Å². The minimum Gasteiger partial charge on any atom is -0.497 e. The second-order valence-electron chi connectivity index (χ2n) is 5.75. The number of ether oxygens (including phenoxy) is 1. The van der Waals surface area contributed by atoms with E-state index in [-0.39, 0.29) is 5.91 Å². The molecule has 0 unspecified atom stereocenters. The highest BCUT2D eigenvalue weighted by molar-refractivity contribution is 5.92. The van der Waals surface area contributed by atoms with Gasteiger partial charge in [-0.2, -0.15) is 0 Å². The van der Waals surface area contributed by atoms with Gasteiger partial charge in [0.05, 0.1) is 7.11 Å². The number of aromatic nitrogens is 2. The number of carbonyl (C=O) groups is 1. The molecule has 0 radical (unpaired) electrons. The van der Waals surface area contributed by atoms with Gasteiger partial charge in [0.1, 0.15) is 11.4 Å². The van der Waals surface area contributed by atoms with Crippen molar-refractivity contribution < 1.29 is 9.53 Å².